The quantitative estimate of drug-likeness (QED) is 0.492. The van der Waals surface area contributed by atoms with Gasteiger partial charge in [-0.05, 0) is 28.8 Å². The van der Waals surface area contributed by atoms with E-state index in [1.165, 1.54) is 11.8 Å². The maximum atomic E-state index is 12.6. The number of amides is 1. The third-order valence-corrected chi connectivity index (χ3v) is 5.21. The predicted octanol–water partition coefficient (Wildman–Crippen LogP) is 4.11. The molecule has 4 aromatic rings. The van der Waals surface area contributed by atoms with Crippen molar-refractivity contribution >= 4 is 16.8 Å². The zero-order valence-corrected chi connectivity index (χ0v) is 16.9. The lowest BCUT2D eigenvalue weighted by Crippen LogP contribution is -2.27. The van der Waals surface area contributed by atoms with Crippen molar-refractivity contribution in [2.75, 3.05) is 7.05 Å². The van der Waals surface area contributed by atoms with E-state index >= 15 is 0 Å². The summed E-state index contributed by atoms with van der Waals surface area (Å²) in [4.78, 5) is 26.3. The molecule has 3 aromatic carbocycles. The first-order valence-electron chi connectivity index (χ1n) is 9.95. The number of rotatable bonds is 6. The Morgan fingerprint density at radius 2 is 1.57 bits per heavy atom. The van der Waals surface area contributed by atoms with Crippen LogP contribution in [0.1, 0.15) is 12.0 Å². The van der Waals surface area contributed by atoms with Gasteiger partial charge in [0.1, 0.15) is 0 Å². The van der Waals surface area contributed by atoms with Crippen molar-refractivity contribution in [3.63, 3.8) is 0 Å². The average molecular weight is 397 g/mol. The molecule has 0 spiro atoms. The number of aryl methyl sites for hydroxylation is 1. The largest absolute Gasteiger partial charge is 0.341 e. The lowest BCUT2D eigenvalue weighted by Gasteiger charge is -2.18. The first kappa shape index (κ1) is 19.6. The molecule has 0 aliphatic carbocycles. The minimum Gasteiger partial charge on any atom is -0.341 e. The molecule has 30 heavy (non-hydrogen) atoms. The number of aromatic nitrogens is 2. The van der Waals surface area contributed by atoms with E-state index in [2.05, 4.69) is 41.5 Å². The summed E-state index contributed by atoms with van der Waals surface area (Å²) in [5, 5.41) is 4.81. The Kier molecular flexibility index (Phi) is 5.70. The van der Waals surface area contributed by atoms with E-state index in [9.17, 15) is 9.59 Å². The second-order valence-corrected chi connectivity index (χ2v) is 7.31. The van der Waals surface area contributed by atoms with Gasteiger partial charge in [0.15, 0.2) is 0 Å². The second-order valence-electron chi connectivity index (χ2n) is 7.31. The lowest BCUT2D eigenvalue weighted by atomic mass is 10.0. The summed E-state index contributed by atoms with van der Waals surface area (Å²) in [6.45, 7) is 0.975. The molecule has 0 saturated heterocycles. The molecule has 0 N–H and O–H groups in total. The van der Waals surface area contributed by atoms with Crippen molar-refractivity contribution in [1.82, 2.24) is 14.7 Å². The van der Waals surface area contributed by atoms with Gasteiger partial charge in [-0.15, -0.1) is 0 Å². The molecule has 0 aliphatic heterocycles. The van der Waals surface area contributed by atoms with Crippen LogP contribution in [0.15, 0.2) is 89.9 Å². The molecule has 150 valence electrons. The number of para-hydroxylation sites is 1. The number of nitrogens with zero attached hydrogens (tertiary/aromatic N) is 3. The molecular formula is C25H23N3O2. The molecule has 0 bridgehead atoms. The molecule has 1 amide bonds. The van der Waals surface area contributed by atoms with Crippen LogP contribution in [0.4, 0.5) is 0 Å². The number of carbonyl (C=O) groups is 1. The molecule has 0 atom stereocenters. The van der Waals surface area contributed by atoms with E-state index in [0.29, 0.717) is 24.9 Å². The molecular weight excluding hydrogens is 374 g/mol. The van der Waals surface area contributed by atoms with Gasteiger partial charge in [0.25, 0.3) is 0 Å². The standard InChI is InChI=1S/C25H23N3O2/c1-27(18-19-11-13-21(14-12-19)20-7-3-2-4-8-20)25(30)15-16-28-23-10-6-5-9-22(23)24(29)17-26-28/h2-14,17H,15-16,18H2,1H3. The molecule has 0 aliphatic rings. The van der Waals surface area contributed by atoms with E-state index in [4.69, 9.17) is 0 Å². The highest BCUT2D eigenvalue weighted by molar-refractivity contribution is 5.79. The van der Waals surface area contributed by atoms with Gasteiger partial charge >= 0.3 is 0 Å². The van der Waals surface area contributed by atoms with E-state index in [-0.39, 0.29) is 11.3 Å². The van der Waals surface area contributed by atoms with Crippen molar-refractivity contribution in [2.24, 2.45) is 0 Å². The van der Waals surface area contributed by atoms with Gasteiger partial charge in [0.2, 0.25) is 11.3 Å². The summed E-state index contributed by atoms with van der Waals surface area (Å²) >= 11 is 0. The topological polar surface area (TPSA) is 55.2 Å². The van der Waals surface area contributed by atoms with Gasteiger partial charge in [-0.1, -0.05) is 66.7 Å². The van der Waals surface area contributed by atoms with E-state index in [1.807, 2.05) is 43.4 Å². The Balaban J connectivity index is 1.39. The average Bonchev–Trinajstić information content (AvgIpc) is 2.80. The van der Waals surface area contributed by atoms with Gasteiger partial charge in [-0.3, -0.25) is 14.3 Å². The number of carbonyl (C=O) groups excluding carboxylic acids is 1. The van der Waals surface area contributed by atoms with Gasteiger partial charge < -0.3 is 4.90 Å². The fourth-order valence-electron chi connectivity index (χ4n) is 3.53. The van der Waals surface area contributed by atoms with E-state index in [1.54, 1.807) is 15.6 Å². The minimum absolute atomic E-state index is 0.0340. The van der Waals surface area contributed by atoms with Crippen molar-refractivity contribution in [3.8, 4) is 11.1 Å². The molecule has 0 radical (unpaired) electrons. The molecule has 5 heteroatoms. The van der Waals surface area contributed by atoms with Crippen LogP contribution in [-0.4, -0.2) is 27.6 Å². The Morgan fingerprint density at radius 1 is 0.900 bits per heavy atom. The predicted molar refractivity (Wildman–Crippen MR) is 119 cm³/mol. The maximum absolute atomic E-state index is 12.6. The zero-order valence-electron chi connectivity index (χ0n) is 16.9. The number of fused-ring (bicyclic) bond motifs is 1. The van der Waals surface area contributed by atoms with Crippen LogP contribution in [0.2, 0.25) is 0 Å². The van der Waals surface area contributed by atoms with Crippen molar-refractivity contribution in [1.29, 1.82) is 0 Å². The van der Waals surface area contributed by atoms with Crippen LogP contribution in [0.25, 0.3) is 22.0 Å². The van der Waals surface area contributed by atoms with Crippen LogP contribution in [0, 0.1) is 0 Å². The van der Waals surface area contributed by atoms with Crippen molar-refractivity contribution in [3.05, 3.63) is 101 Å². The summed E-state index contributed by atoms with van der Waals surface area (Å²) in [6.07, 6.45) is 1.63. The van der Waals surface area contributed by atoms with Crippen LogP contribution in [-0.2, 0) is 17.9 Å². The van der Waals surface area contributed by atoms with E-state index < -0.39 is 0 Å². The van der Waals surface area contributed by atoms with Crippen LogP contribution >= 0.6 is 0 Å². The third-order valence-electron chi connectivity index (χ3n) is 5.21. The van der Waals surface area contributed by atoms with Gasteiger partial charge in [0, 0.05) is 25.4 Å². The smallest absolute Gasteiger partial charge is 0.224 e. The Labute approximate surface area is 175 Å². The summed E-state index contributed by atoms with van der Waals surface area (Å²) in [7, 11) is 1.81. The van der Waals surface area contributed by atoms with Crippen LogP contribution in [0.5, 0.6) is 0 Å². The zero-order chi connectivity index (χ0) is 20.9. The SMILES string of the molecule is CN(Cc1ccc(-c2ccccc2)cc1)C(=O)CCn1ncc(=O)c2ccccc21. The molecule has 5 nitrogen and oxygen atoms in total. The Morgan fingerprint density at radius 3 is 2.33 bits per heavy atom. The third kappa shape index (κ3) is 4.30. The minimum atomic E-state index is -0.107. The van der Waals surface area contributed by atoms with Gasteiger partial charge in [-0.25, -0.2) is 0 Å². The normalized spacial score (nSPS) is 10.8. The first-order valence-corrected chi connectivity index (χ1v) is 9.95. The van der Waals surface area contributed by atoms with Gasteiger partial charge in [0.05, 0.1) is 18.3 Å². The highest BCUT2D eigenvalue weighted by Crippen LogP contribution is 2.19. The van der Waals surface area contributed by atoms with Crippen molar-refractivity contribution < 1.29 is 4.79 Å². The highest BCUT2D eigenvalue weighted by atomic mass is 16.2. The summed E-state index contributed by atoms with van der Waals surface area (Å²) in [5.74, 6) is 0.0340. The van der Waals surface area contributed by atoms with Crippen LogP contribution < -0.4 is 5.43 Å². The first-order chi connectivity index (χ1) is 14.6. The highest BCUT2D eigenvalue weighted by Gasteiger charge is 2.11. The summed E-state index contributed by atoms with van der Waals surface area (Å²) in [6, 6.07) is 25.8. The van der Waals surface area contributed by atoms with Gasteiger partial charge in [-0.2, -0.15) is 5.10 Å². The summed E-state index contributed by atoms with van der Waals surface area (Å²) in [5.41, 5.74) is 4.05. The Hall–Kier alpha value is -3.73. The monoisotopic (exact) mass is 397 g/mol. The number of hydrogen-bond donors (Lipinski definition) is 0. The molecule has 0 saturated carbocycles. The molecule has 0 fully saturated rings. The van der Waals surface area contributed by atoms with E-state index in [0.717, 1.165) is 16.6 Å². The maximum Gasteiger partial charge on any atom is 0.224 e. The van der Waals surface area contributed by atoms with Crippen LogP contribution in [0.3, 0.4) is 0 Å². The molecule has 1 aromatic heterocycles. The second kappa shape index (κ2) is 8.74. The fraction of sp³-hybridized carbons (Fsp3) is 0.160. The molecule has 1 heterocycles. The van der Waals surface area contributed by atoms with Crippen molar-refractivity contribution in [2.45, 2.75) is 19.5 Å². The molecule has 0 unspecified atom stereocenters. The number of benzene rings is 3. The molecule has 4 rings (SSSR count). The summed E-state index contributed by atoms with van der Waals surface area (Å²) < 4.78 is 1.72. The lowest BCUT2D eigenvalue weighted by molar-refractivity contribution is -0.130. The Bertz CT molecular complexity index is 1210. The fourth-order valence-corrected chi connectivity index (χ4v) is 3.53. The number of hydrogen-bond acceptors (Lipinski definition) is 3.